The number of nitrogens with zero attached hydrogens (tertiary/aromatic N) is 1. The lowest BCUT2D eigenvalue weighted by atomic mass is 10.2. The lowest BCUT2D eigenvalue weighted by molar-refractivity contribution is -0.111. The zero-order valence-corrected chi connectivity index (χ0v) is 18.0. The van der Waals surface area contributed by atoms with Crippen molar-refractivity contribution in [2.45, 2.75) is 0 Å². The van der Waals surface area contributed by atoms with Crippen molar-refractivity contribution < 1.29 is 14.3 Å². The number of ether oxygens (including phenoxy) is 2. The molecule has 0 saturated carbocycles. The van der Waals surface area contributed by atoms with Crippen molar-refractivity contribution in [2.75, 3.05) is 43.6 Å². The number of para-hydroxylation sites is 2. The van der Waals surface area contributed by atoms with E-state index in [9.17, 15) is 4.79 Å². The number of nitrogens with one attached hydrogen (secondary N) is 1. The van der Waals surface area contributed by atoms with Gasteiger partial charge in [0.15, 0.2) is 0 Å². The molecule has 1 amide bonds. The normalized spacial score (nSPS) is 14.4. The molecule has 7 heteroatoms. The van der Waals surface area contributed by atoms with Gasteiger partial charge in [0, 0.05) is 29.2 Å². The highest BCUT2D eigenvalue weighted by atomic mass is 79.9. The maximum atomic E-state index is 12.5. The Morgan fingerprint density at radius 3 is 2.70 bits per heavy atom. The molecule has 0 radical (unpaired) electrons. The Morgan fingerprint density at radius 1 is 1.22 bits per heavy atom. The number of hydrogen-bond acceptors (Lipinski definition) is 4. The Labute approximate surface area is 175 Å². The van der Waals surface area contributed by atoms with Gasteiger partial charge in [0.1, 0.15) is 5.75 Å². The third-order valence-electron chi connectivity index (χ3n) is 4.17. The molecule has 1 N–H and O–H groups in total. The van der Waals surface area contributed by atoms with Gasteiger partial charge in [0.25, 0.3) is 0 Å². The van der Waals surface area contributed by atoms with Crippen molar-refractivity contribution in [3.8, 4) is 5.75 Å². The van der Waals surface area contributed by atoms with Crippen LogP contribution in [-0.2, 0) is 9.53 Å². The molecule has 142 valence electrons. The number of methoxy groups -OCH3 is 1. The number of carbonyl (C=O) groups is 1. The molecule has 2 aromatic carbocycles. The fourth-order valence-corrected chi connectivity index (χ4v) is 4.34. The molecule has 1 aliphatic rings. The van der Waals surface area contributed by atoms with Crippen molar-refractivity contribution in [3.63, 3.8) is 0 Å². The highest BCUT2D eigenvalue weighted by molar-refractivity contribution is 9.11. The summed E-state index contributed by atoms with van der Waals surface area (Å²) in [5.74, 6) is 0.477. The summed E-state index contributed by atoms with van der Waals surface area (Å²) in [6.07, 6.45) is 3.24. The van der Waals surface area contributed by atoms with Crippen molar-refractivity contribution in [1.29, 1.82) is 0 Å². The molecule has 27 heavy (non-hydrogen) atoms. The Bertz CT molecular complexity index is 849. The molecular formula is C20H20Br2N2O3. The molecule has 0 spiro atoms. The first-order valence-corrected chi connectivity index (χ1v) is 10.1. The first-order chi connectivity index (χ1) is 13.1. The van der Waals surface area contributed by atoms with E-state index < -0.39 is 0 Å². The average Bonchev–Trinajstić information content (AvgIpc) is 2.67. The van der Waals surface area contributed by atoms with E-state index in [2.05, 4.69) is 42.1 Å². The van der Waals surface area contributed by atoms with Crippen LogP contribution >= 0.6 is 31.9 Å². The minimum atomic E-state index is -0.200. The van der Waals surface area contributed by atoms with E-state index in [0.29, 0.717) is 19.0 Å². The van der Waals surface area contributed by atoms with Gasteiger partial charge < -0.3 is 19.7 Å². The number of hydrogen-bond donors (Lipinski definition) is 1. The summed E-state index contributed by atoms with van der Waals surface area (Å²) in [5.41, 5.74) is 2.59. The highest BCUT2D eigenvalue weighted by Crippen LogP contribution is 2.33. The van der Waals surface area contributed by atoms with Crippen molar-refractivity contribution >= 4 is 55.2 Å². The molecule has 0 unspecified atom stereocenters. The van der Waals surface area contributed by atoms with Gasteiger partial charge in [0.05, 0.1) is 36.2 Å². The molecule has 1 fully saturated rings. The third-order valence-corrected chi connectivity index (χ3v) is 5.22. The van der Waals surface area contributed by atoms with Crippen molar-refractivity contribution in [3.05, 3.63) is 57.0 Å². The van der Waals surface area contributed by atoms with E-state index in [1.165, 1.54) is 6.08 Å². The minimum absolute atomic E-state index is 0.200. The quantitative estimate of drug-likeness (QED) is 0.610. The van der Waals surface area contributed by atoms with Gasteiger partial charge >= 0.3 is 0 Å². The van der Waals surface area contributed by atoms with Crippen LogP contribution in [0.25, 0.3) is 6.08 Å². The molecule has 1 aliphatic heterocycles. The average molecular weight is 496 g/mol. The van der Waals surface area contributed by atoms with E-state index >= 15 is 0 Å². The fraction of sp³-hybridized carbons (Fsp3) is 0.250. The molecular weight excluding hydrogens is 476 g/mol. The Morgan fingerprint density at radius 2 is 1.96 bits per heavy atom. The van der Waals surface area contributed by atoms with Gasteiger partial charge in [-0.3, -0.25) is 4.79 Å². The number of carbonyl (C=O) groups excluding carboxylic acids is 1. The van der Waals surface area contributed by atoms with Gasteiger partial charge in [-0.15, -0.1) is 0 Å². The molecule has 3 rings (SSSR count). The van der Waals surface area contributed by atoms with Crippen molar-refractivity contribution in [1.82, 2.24) is 0 Å². The van der Waals surface area contributed by atoms with E-state index in [4.69, 9.17) is 9.47 Å². The molecule has 0 aliphatic carbocycles. The van der Waals surface area contributed by atoms with Crippen LogP contribution in [0.2, 0.25) is 0 Å². The Hall–Kier alpha value is -1.83. The molecule has 0 aromatic heterocycles. The molecule has 0 bridgehead atoms. The Balaban J connectivity index is 1.76. The van der Waals surface area contributed by atoms with E-state index in [-0.39, 0.29) is 5.91 Å². The van der Waals surface area contributed by atoms with Crippen LogP contribution in [0.15, 0.2) is 51.4 Å². The highest BCUT2D eigenvalue weighted by Gasteiger charge is 2.15. The maximum Gasteiger partial charge on any atom is 0.248 e. The van der Waals surface area contributed by atoms with Crippen LogP contribution in [0.5, 0.6) is 5.75 Å². The second-order valence-corrected chi connectivity index (χ2v) is 7.72. The first-order valence-electron chi connectivity index (χ1n) is 8.52. The summed E-state index contributed by atoms with van der Waals surface area (Å²) in [6, 6.07) is 11.6. The van der Waals surface area contributed by atoms with E-state index in [0.717, 1.165) is 39.0 Å². The maximum absolute atomic E-state index is 12.5. The molecule has 5 nitrogen and oxygen atoms in total. The van der Waals surface area contributed by atoms with Gasteiger partial charge in [-0.2, -0.15) is 0 Å². The Kier molecular flexibility index (Phi) is 6.93. The van der Waals surface area contributed by atoms with E-state index in [1.807, 2.05) is 36.4 Å². The monoisotopic (exact) mass is 494 g/mol. The number of rotatable bonds is 5. The summed E-state index contributed by atoms with van der Waals surface area (Å²) < 4.78 is 12.5. The van der Waals surface area contributed by atoms with Gasteiger partial charge in [-0.05, 0) is 46.3 Å². The molecule has 2 aromatic rings. The van der Waals surface area contributed by atoms with Crippen LogP contribution < -0.4 is 15.0 Å². The molecule has 0 atom stereocenters. The summed E-state index contributed by atoms with van der Waals surface area (Å²) >= 11 is 6.92. The summed E-state index contributed by atoms with van der Waals surface area (Å²) in [4.78, 5) is 14.7. The lowest BCUT2D eigenvalue weighted by Crippen LogP contribution is -2.36. The minimum Gasteiger partial charge on any atom is -0.495 e. The lowest BCUT2D eigenvalue weighted by Gasteiger charge is -2.30. The standard InChI is InChI=1S/C20H20Br2N2O3/c1-26-20-14(12-15(21)13-16(20)22)6-7-19(25)23-17-4-2-3-5-18(17)24-8-10-27-11-9-24/h2-7,12-13H,8-11H2,1H3,(H,23,25)/b7-6+. The third kappa shape index (κ3) is 5.12. The predicted molar refractivity (Wildman–Crippen MR) is 116 cm³/mol. The number of amides is 1. The molecule has 1 saturated heterocycles. The van der Waals surface area contributed by atoms with Crippen LogP contribution in [-0.4, -0.2) is 39.3 Å². The van der Waals surface area contributed by atoms with Crippen LogP contribution in [0.1, 0.15) is 5.56 Å². The smallest absolute Gasteiger partial charge is 0.248 e. The van der Waals surface area contributed by atoms with Gasteiger partial charge in [0.2, 0.25) is 5.91 Å². The van der Waals surface area contributed by atoms with Gasteiger partial charge in [-0.1, -0.05) is 28.1 Å². The van der Waals surface area contributed by atoms with E-state index in [1.54, 1.807) is 13.2 Å². The second-order valence-electron chi connectivity index (χ2n) is 5.95. The van der Waals surface area contributed by atoms with Crippen LogP contribution in [0.3, 0.4) is 0 Å². The SMILES string of the molecule is COc1c(Br)cc(Br)cc1/C=C/C(=O)Nc1ccccc1N1CCOCC1. The largest absolute Gasteiger partial charge is 0.495 e. The predicted octanol–water partition coefficient (Wildman–Crippen LogP) is 4.71. The van der Waals surface area contributed by atoms with Crippen LogP contribution in [0, 0.1) is 0 Å². The number of benzene rings is 2. The number of morpholine rings is 1. The van der Waals surface area contributed by atoms with Crippen molar-refractivity contribution in [2.24, 2.45) is 0 Å². The first kappa shape index (κ1) is 19.9. The zero-order valence-electron chi connectivity index (χ0n) is 14.9. The summed E-state index contributed by atoms with van der Waals surface area (Å²) in [7, 11) is 1.60. The number of halogens is 2. The zero-order chi connectivity index (χ0) is 19.2. The topological polar surface area (TPSA) is 50.8 Å². The second kappa shape index (κ2) is 9.39. The van der Waals surface area contributed by atoms with Gasteiger partial charge in [-0.25, -0.2) is 0 Å². The summed E-state index contributed by atoms with van der Waals surface area (Å²) in [5, 5.41) is 2.97. The van der Waals surface area contributed by atoms with Crippen LogP contribution in [0.4, 0.5) is 11.4 Å². The molecule has 1 heterocycles. The number of anilines is 2. The summed E-state index contributed by atoms with van der Waals surface area (Å²) in [6.45, 7) is 3.01. The fourth-order valence-electron chi connectivity index (χ4n) is 2.92.